The Morgan fingerprint density at radius 3 is 2.74 bits per heavy atom. The topological polar surface area (TPSA) is 91.5 Å². The van der Waals surface area contributed by atoms with Crippen molar-refractivity contribution in [1.82, 2.24) is 10.3 Å². The van der Waals surface area contributed by atoms with Crippen molar-refractivity contribution in [3.05, 3.63) is 65.3 Å². The number of nitrogens with one attached hydrogen (secondary N) is 2. The van der Waals surface area contributed by atoms with Gasteiger partial charge in [0.25, 0.3) is 0 Å². The fourth-order valence-electron chi connectivity index (χ4n) is 3.93. The van der Waals surface area contributed by atoms with Gasteiger partial charge in [-0.25, -0.2) is 4.79 Å². The molecule has 2 heterocycles. The van der Waals surface area contributed by atoms with Crippen LogP contribution in [0.1, 0.15) is 12.0 Å². The number of amides is 2. The van der Waals surface area contributed by atoms with Gasteiger partial charge in [0.2, 0.25) is 11.8 Å². The standard InChI is InChI=1S/C23H22ClN3O4/c1-31-23(30)19(10-14-12-25-18-8-4-2-6-16(14)18)26-22(29)15-11-21(28)27(13-15)20-9-5-3-7-17(20)24/h2-9,12,15,19,25H,10-11,13H2,1H3,(H,26,29)/t15?,19-/m1/s1. The van der Waals surface area contributed by atoms with Gasteiger partial charge in [0.15, 0.2) is 0 Å². The third-order valence-electron chi connectivity index (χ3n) is 5.54. The van der Waals surface area contributed by atoms with Crippen LogP contribution in [0, 0.1) is 5.92 Å². The average Bonchev–Trinajstić information content (AvgIpc) is 3.37. The van der Waals surface area contributed by atoms with E-state index in [1.807, 2.05) is 30.5 Å². The molecule has 0 aliphatic carbocycles. The highest BCUT2D eigenvalue weighted by atomic mass is 35.5. The Bertz CT molecular complexity index is 1140. The van der Waals surface area contributed by atoms with Crippen molar-refractivity contribution in [2.75, 3.05) is 18.6 Å². The van der Waals surface area contributed by atoms with E-state index in [4.69, 9.17) is 16.3 Å². The molecule has 1 saturated heterocycles. The summed E-state index contributed by atoms with van der Waals surface area (Å²) in [6.07, 6.45) is 2.15. The minimum atomic E-state index is -0.860. The number of aromatic amines is 1. The summed E-state index contributed by atoms with van der Waals surface area (Å²) in [5.74, 6) is -1.66. The van der Waals surface area contributed by atoms with Crippen molar-refractivity contribution < 1.29 is 19.1 Å². The Hall–Kier alpha value is -3.32. The van der Waals surface area contributed by atoms with Crippen LogP contribution in [0.4, 0.5) is 5.69 Å². The van der Waals surface area contributed by atoms with Crippen LogP contribution in [0.3, 0.4) is 0 Å². The first-order valence-electron chi connectivity index (χ1n) is 9.96. The van der Waals surface area contributed by atoms with Gasteiger partial charge in [-0.3, -0.25) is 9.59 Å². The summed E-state index contributed by atoms with van der Waals surface area (Å²) in [6, 6.07) is 13.9. The molecule has 2 N–H and O–H groups in total. The number of carbonyl (C=O) groups excluding carboxylic acids is 3. The van der Waals surface area contributed by atoms with Crippen molar-refractivity contribution in [2.24, 2.45) is 5.92 Å². The monoisotopic (exact) mass is 439 g/mol. The van der Waals surface area contributed by atoms with E-state index in [9.17, 15) is 14.4 Å². The van der Waals surface area contributed by atoms with E-state index in [-0.39, 0.29) is 31.2 Å². The Morgan fingerprint density at radius 2 is 1.97 bits per heavy atom. The summed E-state index contributed by atoms with van der Waals surface area (Å²) >= 11 is 6.21. The quantitative estimate of drug-likeness (QED) is 0.577. The number of carbonyl (C=O) groups is 3. The summed E-state index contributed by atoms with van der Waals surface area (Å²) in [6.45, 7) is 0.204. The second kappa shape index (κ2) is 8.81. The fraction of sp³-hybridized carbons (Fsp3) is 0.261. The Kier molecular flexibility index (Phi) is 5.95. The van der Waals surface area contributed by atoms with E-state index in [0.717, 1.165) is 16.5 Å². The third-order valence-corrected chi connectivity index (χ3v) is 5.86. The molecule has 31 heavy (non-hydrogen) atoms. The number of halogens is 1. The number of hydrogen-bond acceptors (Lipinski definition) is 4. The van der Waals surface area contributed by atoms with Crippen LogP contribution >= 0.6 is 11.6 Å². The molecule has 1 aliphatic rings. The molecule has 0 saturated carbocycles. The molecule has 8 heteroatoms. The van der Waals surface area contributed by atoms with E-state index >= 15 is 0 Å². The Labute approximate surface area is 184 Å². The average molecular weight is 440 g/mol. The summed E-state index contributed by atoms with van der Waals surface area (Å²) in [5.41, 5.74) is 2.42. The molecule has 1 unspecified atom stereocenters. The molecule has 3 aromatic rings. The lowest BCUT2D eigenvalue weighted by atomic mass is 10.0. The van der Waals surface area contributed by atoms with Crippen molar-refractivity contribution in [1.29, 1.82) is 0 Å². The van der Waals surface area contributed by atoms with Crippen LogP contribution in [0.25, 0.3) is 10.9 Å². The number of esters is 1. The maximum Gasteiger partial charge on any atom is 0.328 e. The first-order valence-corrected chi connectivity index (χ1v) is 10.3. The fourth-order valence-corrected chi connectivity index (χ4v) is 4.17. The molecule has 1 fully saturated rings. The van der Waals surface area contributed by atoms with Gasteiger partial charge in [-0.15, -0.1) is 0 Å². The van der Waals surface area contributed by atoms with Gasteiger partial charge in [0.1, 0.15) is 6.04 Å². The van der Waals surface area contributed by atoms with Gasteiger partial charge in [-0.2, -0.15) is 0 Å². The first kappa shape index (κ1) is 20.9. The van der Waals surface area contributed by atoms with Crippen LogP contribution in [0.15, 0.2) is 54.7 Å². The Balaban J connectivity index is 1.49. The van der Waals surface area contributed by atoms with Crippen molar-refractivity contribution in [3.63, 3.8) is 0 Å². The number of fused-ring (bicyclic) bond motifs is 1. The summed E-state index contributed by atoms with van der Waals surface area (Å²) < 4.78 is 4.91. The van der Waals surface area contributed by atoms with Crippen molar-refractivity contribution in [2.45, 2.75) is 18.9 Å². The van der Waals surface area contributed by atoms with Crippen molar-refractivity contribution >= 4 is 46.0 Å². The van der Waals surface area contributed by atoms with Crippen LogP contribution < -0.4 is 10.2 Å². The number of nitrogens with zero attached hydrogens (tertiary/aromatic N) is 1. The van der Waals surface area contributed by atoms with E-state index in [0.29, 0.717) is 10.7 Å². The van der Waals surface area contributed by atoms with Gasteiger partial charge in [-0.1, -0.05) is 41.9 Å². The highest BCUT2D eigenvalue weighted by Crippen LogP contribution is 2.31. The number of methoxy groups -OCH3 is 1. The zero-order valence-corrected chi connectivity index (χ0v) is 17.7. The summed E-state index contributed by atoms with van der Waals surface area (Å²) in [4.78, 5) is 42.5. The number of rotatable bonds is 6. The predicted octanol–water partition coefficient (Wildman–Crippen LogP) is 3.07. The van der Waals surface area contributed by atoms with E-state index in [2.05, 4.69) is 10.3 Å². The molecule has 7 nitrogen and oxygen atoms in total. The predicted molar refractivity (Wildman–Crippen MR) is 118 cm³/mol. The smallest absolute Gasteiger partial charge is 0.328 e. The van der Waals surface area contributed by atoms with E-state index < -0.39 is 17.9 Å². The van der Waals surface area contributed by atoms with Gasteiger partial charge < -0.3 is 19.9 Å². The highest BCUT2D eigenvalue weighted by molar-refractivity contribution is 6.33. The molecule has 1 aromatic heterocycles. The molecule has 0 radical (unpaired) electrons. The molecule has 1 aliphatic heterocycles. The van der Waals surface area contributed by atoms with Crippen LogP contribution in [-0.2, 0) is 25.5 Å². The lowest BCUT2D eigenvalue weighted by molar-refractivity contribution is -0.145. The number of anilines is 1. The lowest BCUT2D eigenvalue weighted by Gasteiger charge is -2.20. The molecule has 4 rings (SSSR count). The number of para-hydroxylation sites is 2. The minimum Gasteiger partial charge on any atom is -0.467 e. The number of hydrogen-bond donors (Lipinski definition) is 2. The largest absolute Gasteiger partial charge is 0.467 e. The van der Waals surface area contributed by atoms with E-state index in [1.165, 1.54) is 12.0 Å². The number of H-pyrrole nitrogens is 1. The maximum absolute atomic E-state index is 12.9. The van der Waals surface area contributed by atoms with Crippen LogP contribution in [-0.4, -0.2) is 42.5 Å². The Morgan fingerprint density at radius 1 is 1.23 bits per heavy atom. The zero-order valence-electron chi connectivity index (χ0n) is 16.9. The molecular weight excluding hydrogens is 418 g/mol. The maximum atomic E-state index is 12.9. The molecule has 2 aromatic carbocycles. The number of ether oxygens (including phenoxy) is 1. The highest BCUT2D eigenvalue weighted by Gasteiger charge is 2.37. The second-order valence-electron chi connectivity index (χ2n) is 7.50. The normalized spacial score (nSPS) is 17.0. The van der Waals surface area contributed by atoms with Gasteiger partial charge in [0.05, 0.1) is 23.7 Å². The molecule has 160 valence electrons. The molecular formula is C23H22ClN3O4. The van der Waals surface area contributed by atoms with Gasteiger partial charge in [0, 0.05) is 36.5 Å². The molecule has 0 spiro atoms. The minimum absolute atomic E-state index is 0.0536. The molecule has 2 amide bonds. The zero-order chi connectivity index (χ0) is 22.0. The summed E-state index contributed by atoms with van der Waals surface area (Å²) in [5, 5.41) is 4.21. The summed E-state index contributed by atoms with van der Waals surface area (Å²) in [7, 11) is 1.29. The SMILES string of the molecule is COC(=O)[C@@H](Cc1c[nH]c2ccccc12)NC(=O)C1CC(=O)N(c2ccccc2Cl)C1. The van der Waals surface area contributed by atoms with E-state index in [1.54, 1.807) is 24.3 Å². The van der Waals surface area contributed by atoms with Gasteiger partial charge >= 0.3 is 5.97 Å². The number of benzene rings is 2. The second-order valence-corrected chi connectivity index (χ2v) is 7.91. The molecule has 2 atom stereocenters. The van der Waals surface area contributed by atoms with Gasteiger partial charge in [-0.05, 0) is 23.8 Å². The third kappa shape index (κ3) is 4.27. The first-order chi connectivity index (χ1) is 15.0. The van der Waals surface area contributed by atoms with Crippen molar-refractivity contribution in [3.8, 4) is 0 Å². The van der Waals surface area contributed by atoms with Crippen LogP contribution in [0.2, 0.25) is 5.02 Å². The van der Waals surface area contributed by atoms with Crippen LogP contribution in [0.5, 0.6) is 0 Å². The lowest BCUT2D eigenvalue weighted by Crippen LogP contribution is -2.46. The number of aromatic nitrogens is 1. The molecule has 0 bridgehead atoms.